The molecule has 7 heteroatoms. The number of nitrogens with one attached hydrogen (secondary N) is 1. The zero-order valence-corrected chi connectivity index (χ0v) is 15.5. The molecule has 0 saturated heterocycles. The van der Waals surface area contributed by atoms with E-state index in [1.165, 1.54) is 40.5 Å². The molecule has 0 spiro atoms. The number of fused-ring (bicyclic) bond motifs is 1. The molecule has 1 aliphatic rings. The minimum absolute atomic E-state index is 0.0187. The molecule has 1 amide bonds. The highest BCUT2D eigenvalue weighted by Crippen LogP contribution is 2.37. The van der Waals surface area contributed by atoms with Crippen LogP contribution < -0.4 is 5.32 Å². The minimum atomic E-state index is -3.29. The zero-order chi connectivity index (χ0) is 18.0. The number of amides is 1. The fraction of sp³-hybridized carbons (Fsp3) is 0.333. The summed E-state index contributed by atoms with van der Waals surface area (Å²) < 4.78 is 23.7. The number of rotatable bonds is 4. The molecule has 1 aromatic carbocycles. The van der Waals surface area contributed by atoms with Gasteiger partial charge in [-0.1, -0.05) is 6.92 Å². The molecule has 0 radical (unpaired) electrons. The molecule has 1 heterocycles. The van der Waals surface area contributed by atoms with Gasteiger partial charge in [0.25, 0.3) is 5.91 Å². The van der Waals surface area contributed by atoms with Gasteiger partial charge in [0.2, 0.25) is 0 Å². The Kier molecular flexibility index (Phi) is 4.93. The van der Waals surface area contributed by atoms with Gasteiger partial charge in [-0.25, -0.2) is 8.42 Å². The van der Waals surface area contributed by atoms with E-state index in [0.717, 1.165) is 31.2 Å². The van der Waals surface area contributed by atoms with Crippen molar-refractivity contribution < 1.29 is 13.2 Å². The van der Waals surface area contributed by atoms with Crippen molar-refractivity contribution in [1.82, 2.24) is 0 Å². The lowest BCUT2D eigenvalue weighted by Crippen LogP contribution is -2.12. The predicted molar refractivity (Wildman–Crippen MR) is 97.8 cm³/mol. The topological polar surface area (TPSA) is 87.0 Å². The van der Waals surface area contributed by atoms with Gasteiger partial charge < -0.3 is 5.32 Å². The van der Waals surface area contributed by atoms with E-state index < -0.39 is 9.84 Å². The van der Waals surface area contributed by atoms with Gasteiger partial charge in [-0.15, -0.1) is 11.3 Å². The summed E-state index contributed by atoms with van der Waals surface area (Å²) in [6.07, 6.45) is 4.01. The number of carbonyl (C=O) groups is 1. The maximum Gasteiger partial charge on any atom is 0.256 e. The molecule has 130 valence electrons. The van der Waals surface area contributed by atoms with Crippen LogP contribution in [0.1, 0.15) is 46.1 Å². The van der Waals surface area contributed by atoms with Gasteiger partial charge >= 0.3 is 0 Å². The SMILES string of the molecule is CCS(=O)(=O)c1ccc(C(=O)Nc2sc3c(c2C#N)CCCC3)cc1. The van der Waals surface area contributed by atoms with Crippen LogP contribution in [0.5, 0.6) is 0 Å². The van der Waals surface area contributed by atoms with Crippen molar-refractivity contribution in [2.45, 2.75) is 37.5 Å². The average Bonchev–Trinajstić information content (AvgIpc) is 2.98. The first-order valence-electron chi connectivity index (χ1n) is 8.15. The summed E-state index contributed by atoms with van der Waals surface area (Å²) >= 11 is 1.47. The lowest BCUT2D eigenvalue weighted by Gasteiger charge is -2.09. The zero-order valence-electron chi connectivity index (χ0n) is 13.8. The van der Waals surface area contributed by atoms with Crippen LogP contribution in [0.25, 0.3) is 0 Å². The molecule has 0 bridgehead atoms. The number of carbonyl (C=O) groups excluding carboxylic acids is 1. The smallest absolute Gasteiger partial charge is 0.256 e. The summed E-state index contributed by atoms with van der Waals surface area (Å²) in [6, 6.07) is 8.09. The molecule has 1 N–H and O–H groups in total. The molecule has 0 saturated carbocycles. The number of hydrogen-bond donors (Lipinski definition) is 1. The largest absolute Gasteiger partial charge is 0.312 e. The van der Waals surface area contributed by atoms with Crippen molar-refractivity contribution in [2.75, 3.05) is 11.1 Å². The molecule has 0 unspecified atom stereocenters. The number of sulfone groups is 1. The van der Waals surface area contributed by atoms with Crippen LogP contribution >= 0.6 is 11.3 Å². The highest BCUT2D eigenvalue weighted by atomic mass is 32.2. The Morgan fingerprint density at radius 2 is 1.92 bits per heavy atom. The molecule has 3 rings (SSSR count). The third kappa shape index (κ3) is 3.46. The number of thiophene rings is 1. The van der Waals surface area contributed by atoms with Crippen LogP contribution in [0, 0.1) is 11.3 Å². The second kappa shape index (κ2) is 6.98. The second-order valence-electron chi connectivity index (χ2n) is 5.91. The van der Waals surface area contributed by atoms with Gasteiger partial charge in [0.15, 0.2) is 9.84 Å². The number of anilines is 1. The number of nitrogens with zero attached hydrogens (tertiary/aromatic N) is 1. The van der Waals surface area contributed by atoms with Crippen LogP contribution in [0.4, 0.5) is 5.00 Å². The van der Waals surface area contributed by atoms with Crippen molar-refractivity contribution in [3.05, 3.63) is 45.8 Å². The summed E-state index contributed by atoms with van der Waals surface area (Å²) in [4.78, 5) is 13.8. The monoisotopic (exact) mass is 374 g/mol. The third-order valence-electron chi connectivity index (χ3n) is 4.37. The third-order valence-corrected chi connectivity index (χ3v) is 7.32. The molecule has 0 aliphatic heterocycles. The second-order valence-corrected chi connectivity index (χ2v) is 9.29. The Morgan fingerprint density at radius 3 is 2.56 bits per heavy atom. The normalized spacial score (nSPS) is 13.8. The Morgan fingerprint density at radius 1 is 1.24 bits per heavy atom. The van der Waals surface area contributed by atoms with Gasteiger partial charge in [-0.05, 0) is 55.5 Å². The number of nitriles is 1. The molecule has 25 heavy (non-hydrogen) atoms. The van der Waals surface area contributed by atoms with Crippen molar-refractivity contribution in [2.24, 2.45) is 0 Å². The molecule has 5 nitrogen and oxygen atoms in total. The number of aryl methyl sites for hydroxylation is 1. The Labute approximate surface area is 151 Å². The van der Waals surface area contributed by atoms with Gasteiger partial charge in [0, 0.05) is 10.4 Å². The van der Waals surface area contributed by atoms with E-state index in [4.69, 9.17) is 0 Å². The van der Waals surface area contributed by atoms with Gasteiger partial charge in [-0.2, -0.15) is 5.26 Å². The van der Waals surface area contributed by atoms with Gasteiger partial charge in [0.1, 0.15) is 11.1 Å². The first-order valence-corrected chi connectivity index (χ1v) is 10.6. The fourth-order valence-corrected chi connectivity index (χ4v) is 5.05. The molecule has 2 aromatic rings. The Balaban J connectivity index is 1.84. The molecule has 0 fully saturated rings. The predicted octanol–water partition coefficient (Wildman–Crippen LogP) is 3.54. The molecule has 1 aromatic heterocycles. The minimum Gasteiger partial charge on any atom is -0.312 e. The van der Waals surface area contributed by atoms with Gasteiger partial charge in [-0.3, -0.25) is 4.79 Å². The van der Waals surface area contributed by atoms with Crippen LogP contribution in [0.15, 0.2) is 29.2 Å². The summed E-state index contributed by atoms with van der Waals surface area (Å²) in [5, 5.41) is 12.8. The fourth-order valence-electron chi connectivity index (χ4n) is 2.93. The van der Waals surface area contributed by atoms with E-state index in [0.29, 0.717) is 16.1 Å². The summed E-state index contributed by atoms with van der Waals surface area (Å²) in [6.45, 7) is 1.58. The van der Waals surface area contributed by atoms with Crippen LogP contribution in [0.3, 0.4) is 0 Å². The standard InChI is InChI=1S/C18H18N2O3S2/c1-2-25(22,23)13-9-7-12(8-10-13)17(21)20-18-15(11-19)14-5-3-4-6-16(14)24-18/h7-10H,2-6H2,1H3,(H,20,21). The summed E-state index contributed by atoms with van der Waals surface area (Å²) in [5.41, 5.74) is 2.00. The van der Waals surface area contributed by atoms with E-state index in [1.807, 2.05) is 0 Å². The maximum atomic E-state index is 12.5. The summed E-state index contributed by atoms with van der Waals surface area (Å²) in [5.74, 6) is -0.319. The first kappa shape index (κ1) is 17.6. The van der Waals surface area contributed by atoms with E-state index in [9.17, 15) is 18.5 Å². The van der Waals surface area contributed by atoms with E-state index in [1.54, 1.807) is 6.92 Å². The maximum absolute atomic E-state index is 12.5. The van der Waals surface area contributed by atoms with E-state index in [-0.39, 0.29) is 16.6 Å². The van der Waals surface area contributed by atoms with E-state index in [2.05, 4.69) is 11.4 Å². The molecular formula is C18H18N2O3S2. The Hall–Kier alpha value is -2.17. The first-order chi connectivity index (χ1) is 12.0. The van der Waals surface area contributed by atoms with Crippen molar-refractivity contribution >= 4 is 32.1 Å². The van der Waals surface area contributed by atoms with Crippen LogP contribution in [0.2, 0.25) is 0 Å². The Bertz CT molecular complexity index is 951. The van der Waals surface area contributed by atoms with E-state index >= 15 is 0 Å². The van der Waals surface area contributed by atoms with Crippen molar-refractivity contribution in [3.8, 4) is 6.07 Å². The molecule has 0 atom stereocenters. The van der Waals surface area contributed by atoms with Crippen LogP contribution in [-0.2, 0) is 22.7 Å². The van der Waals surface area contributed by atoms with Gasteiger partial charge in [0.05, 0.1) is 16.2 Å². The average molecular weight is 374 g/mol. The number of hydrogen-bond acceptors (Lipinski definition) is 5. The quantitative estimate of drug-likeness (QED) is 0.887. The highest BCUT2D eigenvalue weighted by Gasteiger charge is 2.22. The van der Waals surface area contributed by atoms with Crippen LogP contribution in [-0.4, -0.2) is 20.1 Å². The van der Waals surface area contributed by atoms with Crippen molar-refractivity contribution in [1.29, 1.82) is 5.26 Å². The lowest BCUT2D eigenvalue weighted by atomic mass is 9.96. The lowest BCUT2D eigenvalue weighted by molar-refractivity contribution is 0.102. The summed E-state index contributed by atoms with van der Waals surface area (Å²) in [7, 11) is -3.29. The highest BCUT2D eigenvalue weighted by molar-refractivity contribution is 7.91. The number of benzene rings is 1. The molecular weight excluding hydrogens is 356 g/mol. The van der Waals surface area contributed by atoms with Crippen molar-refractivity contribution in [3.63, 3.8) is 0 Å². The molecule has 1 aliphatic carbocycles.